The molecule has 0 aliphatic carbocycles. The summed E-state index contributed by atoms with van der Waals surface area (Å²) >= 11 is 0. The van der Waals surface area contributed by atoms with Gasteiger partial charge < -0.3 is 4.90 Å². The molecule has 0 N–H and O–H groups in total. The second-order valence-corrected chi connectivity index (χ2v) is 4.14. The Morgan fingerprint density at radius 3 is 2.50 bits per heavy atom. The lowest BCUT2D eigenvalue weighted by Gasteiger charge is -2.22. The molecule has 0 saturated heterocycles. The van der Waals surface area contributed by atoms with Crippen LogP contribution in [0, 0.1) is 6.92 Å². The van der Waals surface area contributed by atoms with Gasteiger partial charge >= 0.3 is 0 Å². The monoisotopic (exact) mass is 243 g/mol. The first kappa shape index (κ1) is 12.4. The predicted molar refractivity (Wildman–Crippen MR) is 73.3 cm³/mol. The zero-order chi connectivity index (χ0) is 13.1. The summed E-state index contributed by atoms with van der Waals surface area (Å²) in [6.07, 6.45) is 0. The van der Waals surface area contributed by atoms with Crippen molar-refractivity contribution in [1.29, 1.82) is 0 Å². The first-order chi connectivity index (χ1) is 8.63. The van der Waals surface area contributed by atoms with Crippen LogP contribution in [0.15, 0.2) is 41.2 Å². The van der Waals surface area contributed by atoms with Gasteiger partial charge in [-0.25, -0.2) is 4.98 Å². The second-order valence-electron chi connectivity index (χ2n) is 4.14. The van der Waals surface area contributed by atoms with Gasteiger partial charge in [-0.3, -0.25) is 9.36 Å². The molecular weight excluding hydrogens is 226 g/mol. The van der Waals surface area contributed by atoms with Crippen molar-refractivity contribution in [3.8, 4) is 0 Å². The molecular formula is C14H17N3O. The second kappa shape index (κ2) is 5.04. The normalized spacial score (nSPS) is 10.4. The fourth-order valence-electron chi connectivity index (χ4n) is 1.86. The number of benzene rings is 1. The van der Waals surface area contributed by atoms with Gasteiger partial charge in [0.1, 0.15) is 11.6 Å². The van der Waals surface area contributed by atoms with E-state index in [9.17, 15) is 4.79 Å². The fraction of sp³-hybridized carbons (Fsp3) is 0.286. The van der Waals surface area contributed by atoms with E-state index in [4.69, 9.17) is 0 Å². The van der Waals surface area contributed by atoms with Crippen LogP contribution in [0.1, 0.15) is 12.7 Å². The Morgan fingerprint density at radius 1 is 1.28 bits per heavy atom. The van der Waals surface area contributed by atoms with E-state index in [-0.39, 0.29) is 5.56 Å². The third-order valence-corrected chi connectivity index (χ3v) is 3.01. The molecule has 0 atom stereocenters. The molecule has 0 amide bonds. The molecule has 2 aromatic rings. The minimum absolute atomic E-state index is 0.0353. The van der Waals surface area contributed by atoms with Crippen LogP contribution in [-0.4, -0.2) is 16.1 Å². The molecule has 4 heteroatoms. The third-order valence-electron chi connectivity index (χ3n) is 3.01. The van der Waals surface area contributed by atoms with E-state index in [2.05, 4.69) is 4.98 Å². The summed E-state index contributed by atoms with van der Waals surface area (Å²) in [5, 5.41) is 0. The van der Waals surface area contributed by atoms with E-state index in [1.54, 1.807) is 17.7 Å². The van der Waals surface area contributed by atoms with Crippen LogP contribution in [0.3, 0.4) is 0 Å². The number of para-hydroxylation sites is 1. The molecule has 0 saturated carbocycles. The molecule has 1 heterocycles. The summed E-state index contributed by atoms with van der Waals surface area (Å²) in [7, 11) is 1.73. The molecule has 94 valence electrons. The number of aryl methyl sites for hydroxylation is 1. The molecule has 0 bridgehead atoms. The lowest BCUT2D eigenvalue weighted by atomic mass is 10.3. The summed E-state index contributed by atoms with van der Waals surface area (Å²) in [5.74, 6) is 1.41. The van der Waals surface area contributed by atoms with E-state index >= 15 is 0 Å². The van der Waals surface area contributed by atoms with E-state index in [0.717, 1.165) is 12.2 Å². The van der Waals surface area contributed by atoms with Gasteiger partial charge in [-0.05, 0) is 26.0 Å². The Kier molecular flexibility index (Phi) is 3.46. The molecule has 18 heavy (non-hydrogen) atoms. The number of rotatable bonds is 3. The van der Waals surface area contributed by atoms with Crippen LogP contribution in [-0.2, 0) is 7.05 Å². The smallest absolute Gasteiger partial charge is 0.255 e. The first-order valence-electron chi connectivity index (χ1n) is 6.00. The molecule has 0 spiro atoms. The van der Waals surface area contributed by atoms with Crippen molar-refractivity contribution >= 4 is 11.5 Å². The van der Waals surface area contributed by atoms with Crippen molar-refractivity contribution in [2.45, 2.75) is 13.8 Å². The van der Waals surface area contributed by atoms with Gasteiger partial charge in [-0.15, -0.1) is 0 Å². The summed E-state index contributed by atoms with van der Waals surface area (Å²) < 4.78 is 1.54. The highest BCUT2D eigenvalue weighted by molar-refractivity contribution is 5.59. The number of aromatic nitrogens is 2. The Morgan fingerprint density at radius 2 is 1.94 bits per heavy atom. The number of hydrogen-bond donors (Lipinski definition) is 0. The molecule has 4 nitrogen and oxygen atoms in total. The average Bonchev–Trinajstić information content (AvgIpc) is 2.38. The summed E-state index contributed by atoms with van der Waals surface area (Å²) in [6.45, 7) is 4.65. The minimum Gasteiger partial charge on any atom is -0.326 e. The molecule has 0 aliphatic heterocycles. The van der Waals surface area contributed by atoms with Gasteiger partial charge in [-0.1, -0.05) is 18.2 Å². The topological polar surface area (TPSA) is 38.1 Å². The molecule has 0 aliphatic rings. The Bertz CT molecular complexity index is 590. The molecule has 0 unspecified atom stereocenters. The van der Waals surface area contributed by atoms with Crippen molar-refractivity contribution in [2.24, 2.45) is 7.05 Å². The van der Waals surface area contributed by atoms with Gasteiger partial charge in [0.2, 0.25) is 0 Å². The molecule has 1 aromatic carbocycles. The Hall–Kier alpha value is -2.10. The van der Waals surface area contributed by atoms with E-state index in [1.807, 2.05) is 49.1 Å². The van der Waals surface area contributed by atoms with Crippen molar-refractivity contribution in [3.05, 3.63) is 52.6 Å². The van der Waals surface area contributed by atoms with E-state index in [0.29, 0.717) is 11.6 Å². The largest absolute Gasteiger partial charge is 0.326 e. The fourth-order valence-corrected chi connectivity index (χ4v) is 1.86. The van der Waals surface area contributed by atoms with Crippen LogP contribution < -0.4 is 10.5 Å². The van der Waals surface area contributed by atoms with Gasteiger partial charge in [0.05, 0.1) is 0 Å². The highest BCUT2D eigenvalue weighted by Gasteiger charge is 2.10. The van der Waals surface area contributed by atoms with Gasteiger partial charge in [0.25, 0.3) is 5.56 Å². The lowest BCUT2D eigenvalue weighted by Crippen LogP contribution is -2.25. The van der Waals surface area contributed by atoms with Gasteiger partial charge in [0, 0.05) is 25.3 Å². The summed E-state index contributed by atoms with van der Waals surface area (Å²) in [6, 6.07) is 11.5. The maximum absolute atomic E-state index is 11.8. The van der Waals surface area contributed by atoms with Crippen LogP contribution in [0.25, 0.3) is 0 Å². The standard InChI is InChI=1S/C14H17N3O/c1-4-17(12-8-6-5-7-9-12)13-10-14(18)16(3)11(2)15-13/h5-10H,4H2,1-3H3. The van der Waals surface area contributed by atoms with Crippen LogP contribution in [0.5, 0.6) is 0 Å². The molecule has 1 aromatic heterocycles. The minimum atomic E-state index is -0.0353. The first-order valence-corrected chi connectivity index (χ1v) is 6.00. The molecule has 0 radical (unpaired) electrons. The summed E-state index contributed by atoms with van der Waals surface area (Å²) in [5.41, 5.74) is 1.01. The van der Waals surface area contributed by atoms with Gasteiger partial charge in [0.15, 0.2) is 0 Å². The van der Waals surface area contributed by atoms with Crippen LogP contribution >= 0.6 is 0 Å². The quantitative estimate of drug-likeness (QED) is 0.829. The van der Waals surface area contributed by atoms with Crippen LogP contribution in [0.2, 0.25) is 0 Å². The number of nitrogens with zero attached hydrogens (tertiary/aromatic N) is 3. The van der Waals surface area contributed by atoms with Crippen molar-refractivity contribution in [1.82, 2.24) is 9.55 Å². The SMILES string of the molecule is CCN(c1ccccc1)c1cc(=O)n(C)c(C)n1. The third kappa shape index (κ3) is 2.27. The zero-order valence-electron chi connectivity index (χ0n) is 10.9. The summed E-state index contributed by atoms with van der Waals surface area (Å²) in [4.78, 5) is 18.3. The van der Waals surface area contributed by atoms with Gasteiger partial charge in [-0.2, -0.15) is 0 Å². The van der Waals surface area contributed by atoms with Crippen molar-refractivity contribution in [2.75, 3.05) is 11.4 Å². The van der Waals surface area contributed by atoms with Crippen molar-refractivity contribution < 1.29 is 0 Å². The number of hydrogen-bond acceptors (Lipinski definition) is 3. The molecule has 0 fully saturated rings. The lowest BCUT2D eigenvalue weighted by molar-refractivity contribution is 0.768. The molecule has 2 rings (SSSR count). The maximum Gasteiger partial charge on any atom is 0.255 e. The highest BCUT2D eigenvalue weighted by atomic mass is 16.1. The predicted octanol–water partition coefficient (Wildman–Crippen LogP) is 2.25. The average molecular weight is 243 g/mol. The number of anilines is 2. The van der Waals surface area contributed by atoms with E-state index in [1.165, 1.54) is 0 Å². The van der Waals surface area contributed by atoms with Crippen LogP contribution in [0.4, 0.5) is 11.5 Å². The maximum atomic E-state index is 11.8. The highest BCUT2D eigenvalue weighted by Crippen LogP contribution is 2.21. The Balaban J connectivity index is 2.49. The zero-order valence-corrected chi connectivity index (χ0v) is 10.9. The van der Waals surface area contributed by atoms with E-state index < -0.39 is 0 Å². The van der Waals surface area contributed by atoms with Crippen molar-refractivity contribution in [3.63, 3.8) is 0 Å². The Labute approximate surface area is 107 Å².